The Labute approximate surface area is 131 Å². The van der Waals surface area contributed by atoms with Gasteiger partial charge in [0.15, 0.2) is 0 Å². The molecule has 1 saturated heterocycles. The first-order valence-electron chi connectivity index (χ1n) is 8.86. The molecule has 4 nitrogen and oxygen atoms in total. The van der Waals surface area contributed by atoms with Crippen LogP contribution in [0.1, 0.15) is 65.7 Å². The van der Waals surface area contributed by atoms with Gasteiger partial charge >= 0.3 is 0 Å². The molecular weight excluding hydrogens is 262 g/mol. The van der Waals surface area contributed by atoms with Gasteiger partial charge in [-0.15, -0.1) is 0 Å². The molecule has 1 fully saturated rings. The van der Waals surface area contributed by atoms with Gasteiger partial charge in [0.25, 0.3) is 0 Å². The molecule has 21 heavy (non-hydrogen) atoms. The van der Waals surface area contributed by atoms with E-state index in [9.17, 15) is 4.79 Å². The number of hydrogen-bond donors (Lipinski definition) is 1. The van der Waals surface area contributed by atoms with E-state index in [2.05, 4.69) is 30.6 Å². The zero-order valence-corrected chi connectivity index (χ0v) is 14.4. The fraction of sp³-hybridized carbons (Fsp3) is 0.941. The molecular formula is C17H35N3O. The third kappa shape index (κ3) is 4.96. The van der Waals surface area contributed by atoms with Crippen LogP contribution in [0.4, 0.5) is 0 Å². The first-order valence-corrected chi connectivity index (χ1v) is 8.86. The Hall–Kier alpha value is -0.610. The van der Waals surface area contributed by atoms with Gasteiger partial charge in [0.1, 0.15) is 0 Å². The van der Waals surface area contributed by atoms with Crippen LogP contribution in [0.3, 0.4) is 0 Å². The Balaban J connectivity index is 2.73. The summed E-state index contributed by atoms with van der Waals surface area (Å²) < 4.78 is 0. The third-order valence-corrected chi connectivity index (χ3v) is 5.15. The van der Waals surface area contributed by atoms with Crippen LogP contribution in [-0.4, -0.2) is 54.0 Å². The van der Waals surface area contributed by atoms with E-state index in [4.69, 9.17) is 5.73 Å². The minimum atomic E-state index is -0.0163. The van der Waals surface area contributed by atoms with E-state index in [1.165, 1.54) is 12.8 Å². The molecule has 0 aromatic rings. The highest BCUT2D eigenvalue weighted by atomic mass is 16.2. The smallest absolute Gasteiger partial charge is 0.236 e. The van der Waals surface area contributed by atoms with E-state index < -0.39 is 0 Å². The van der Waals surface area contributed by atoms with Gasteiger partial charge in [-0.05, 0) is 38.6 Å². The normalized spacial score (nSPS) is 17.1. The number of hydrogen-bond acceptors (Lipinski definition) is 3. The molecule has 0 bridgehead atoms. The van der Waals surface area contributed by atoms with Crippen molar-refractivity contribution in [3.8, 4) is 0 Å². The van der Waals surface area contributed by atoms with E-state index in [-0.39, 0.29) is 5.54 Å². The van der Waals surface area contributed by atoms with Crippen molar-refractivity contribution >= 4 is 5.91 Å². The Bertz CT molecular complexity index is 286. The summed E-state index contributed by atoms with van der Waals surface area (Å²) in [5, 5.41) is 0. The molecule has 1 amide bonds. The number of amides is 1. The largest absolute Gasteiger partial charge is 0.342 e. The molecule has 0 unspecified atom stereocenters. The fourth-order valence-electron chi connectivity index (χ4n) is 3.45. The predicted octanol–water partition coefficient (Wildman–Crippen LogP) is 2.62. The average molecular weight is 297 g/mol. The van der Waals surface area contributed by atoms with Gasteiger partial charge in [-0.1, -0.05) is 33.6 Å². The molecule has 1 aliphatic heterocycles. The maximum Gasteiger partial charge on any atom is 0.236 e. The summed E-state index contributed by atoms with van der Waals surface area (Å²) in [6, 6.07) is 0. The van der Waals surface area contributed by atoms with Crippen molar-refractivity contribution in [2.45, 2.75) is 71.3 Å². The molecule has 0 aliphatic carbocycles. The second kappa shape index (κ2) is 9.42. The lowest BCUT2D eigenvalue weighted by molar-refractivity contribution is -0.134. The van der Waals surface area contributed by atoms with Gasteiger partial charge in [0, 0.05) is 25.2 Å². The van der Waals surface area contributed by atoms with Crippen LogP contribution < -0.4 is 5.73 Å². The quantitative estimate of drug-likeness (QED) is 0.749. The van der Waals surface area contributed by atoms with Gasteiger partial charge in [0.05, 0.1) is 6.54 Å². The van der Waals surface area contributed by atoms with Crippen LogP contribution in [0.15, 0.2) is 0 Å². The highest BCUT2D eigenvalue weighted by Gasteiger charge is 2.33. The summed E-state index contributed by atoms with van der Waals surface area (Å²) in [7, 11) is 0. The van der Waals surface area contributed by atoms with Crippen molar-refractivity contribution < 1.29 is 4.79 Å². The maximum atomic E-state index is 12.7. The first-order chi connectivity index (χ1) is 10.1. The monoisotopic (exact) mass is 297 g/mol. The van der Waals surface area contributed by atoms with Crippen LogP contribution in [0.25, 0.3) is 0 Å². The molecule has 4 heteroatoms. The number of nitrogens with zero attached hydrogens (tertiary/aromatic N) is 2. The number of carbonyl (C=O) groups is 1. The molecule has 124 valence electrons. The number of likely N-dealkylation sites (tertiary alicyclic amines) is 1. The molecule has 1 aliphatic rings. The van der Waals surface area contributed by atoms with Gasteiger partial charge in [-0.25, -0.2) is 0 Å². The Morgan fingerprint density at radius 1 is 1.10 bits per heavy atom. The molecule has 0 aromatic heterocycles. The summed E-state index contributed by atoms with van der Waals surface area (Å²) in [6.07, 6.45) is 7.92. The summed E-state index contributed by atoms with van der Waals surface area (Å²) in [5.74, 6) is 0.296. The zero-order valence-electron chi connectivity index (χ0n) is 14.4. The Morgan fingerprint density at radius 2 is 1.67 bits per heavy atom. The SMILES string of the molecule is CCCN(CC(=O)N1CCCCCC1)C(CC)(CC)CN. The highest BCUT2D eigenvalue weighted by molar-refractivity contribution is 5.78. The lowest BCUT2D eigenvalue weighted by atomic mass is 9.90. The number of nitrogens with two attached hydrogens (primary N) is 1. The molecule has 1 rings (SSSR count). The molecule has 0 spiro atoms. The minimum Gasteiger partial charge on any atom is -0.342 e. The zero-order chi connectivity index (χ0) is 15.7. The summed E-state index contributed by atoms with van der Waals surface area (Å²) in [5.41, 5.74) is 6.06. The second-order valence-corrected chi connectivity index (χ2v) is 6.35. The van der Waals surface area contributed by atoms with Crippen molar-refractivity contribution in [2.75, 3.05) is 32.7 Å². The van der Waals surface area contributed by atoms with E-state index >= 15 is 0 Å². The molecule has 0 radical (unpaired) electrons. The van der Waals surface area contributed by atoms with Crippen molar-refractivity contribution in [1.82, 2.24) is 9.80 Å². The van der Waals surface area contributed by atoms with Crippen molar-refractivity contribution in [2.24, 2.45) is 5.73 Å². The van der Waals surface area contributed by atoms with Gasteiger partial charge in [-0.3, -0.25) is 9.69 Å². The van der Waals surface area contributed by atoms with Gasteiger partial charge < -0.3 is 10.6 Å². The molecule has 0 saturated carbocycles. The van der Waals surface area contributed by atoms with E-state index in [1.54, 1.807) is 0 Å². The van der Waals surface area contributed by atoms with Crippen molar-refractivity contribution in [1.29, 1.82) is 0 Å². The Morgan fingerprint density at radius 3 is 2.10 bits per heavy atom. The first kappa shape index (κ1) is 18.4. The maximum absolute atomic E-state index is 12.7. The molecule has 0 aromatic carbocycles. The number of rotatable bonds is 8. The summed E-state index contributed by atoms with van der Waals surface area (Å²) in [4.78, 5) is 17.1. The fourth-order valence-corrected chi connectivity index (χ4v) is 3.45. The number of carbonyl (C=O) groups excluding carboxylic acids is 1. The standard InChI is InChI=1S/C17H35N3O/c1-4-11-20(17(5-2,6-3)15-18)14-16(21)19-12-9-7-8-10-13-19/h4-15,18H2,1-3H3. The van der Waals surface area contributed by atoms with E-state index in [0.29, 0.717) is 19.0 Å². The van der Waals surface area contributed by atoms with Crippen molar-refractivity contribution in [3.63, 3.8) is 0 Å². The predicted molar refractivity (Wildman–Crippen MR) is 89.3 cm³/mol. The summed E-state index contributed by atoms with van der Waals surface area (Å²) >= 11 is 0. The molecule has 0 atom stereocenters. The van der Waals surface area contributed by atoms with Crippen LogP contribution in [0, 0.1) is 0 Å². The molecule has 1 heterocycles. The Kier molecular flexibility index (Phi) is 8.27. The van der Waals surface area contributed by atoms with Crippen molar-refractivity contribution in [3.05, 3.63) is 0 Å². The van der Waals surface area contributed by atoms with Gasteiger partial charge in [-0.2, -0.15) is 0 Å². The van der Waals surface area contributed by atoms with Crippen LogP contribution in [0.2, 0.25) is 0 Å². The van der Waals surface area contributed by atoms with Crippen LogP contribution in [-0.2, 0) is 4.79 Å². The third-order valence-electron chi connectivity index (χ3n) is 5.15. The minimum absolute atomic E-state index is 0.0163. The lowest BCUT2D eigenvalue weighted by Gasteiger charge is -2.43. The lowest BCUT2D eigenvalue weighted by Crippen LogP contribution is -2.56. The van der Waals surface area contributed by atoms with Crippen LogP contribution in [0.5, 0.6) is 0 Å². The van der Waals surface area contributed by atoms with Crippen LogP contribution >= 0.6 is 0 Å². The molecule has 2 N–H and O–H groups in total. The summed E-state index contributed by atoms with van der Waals surface area (Å²) in [6.45, 7) is 10.6. The topological polar surface area (TPSA) is 49.6 Å². The van der Waals surface area contributed by atoms with Gasteiger partial charge in [0.2, 0.25) is 5.91 Å². The van der Waals surface area contributed by atoms with E-state index in [1.807, 2.05) is 0 Å². The average Bonchev–Trinajstić information content (AvgIpc) is 2.79. The highest BCUT2D eigenvalue weighted by Crippen LogP contribution is 2.23. The second-order valence-electron chi connectivity index (χ2n) is 6.35. The van der Waals surface area contributed by atoms with E-state index in [0.717, 1.165) is 51.7 Å².